The molecular formula is C17H22FNO3. The van der Waals surface area contributed by atoms with Gasteiger partial charge in [-0.25, -0.2) is 4.39 Å². The number of carboxylic acids is 1. The molecule has 0 saturated heterocycles. The molecule has 1 unspecified atom stereocenters. The normalized spacial score (nSPS) is 22.9. The predicted octanol–water partition coefficient (Wildman–Crippen LogP) is 3.24. The van der Waals surface area contributed by atoms with E-state index in [0.717, 1.165) is 0 Å². The van der Waals surface area contributed by atoms with Gasteiger partial charge in [0.1, 0.15) is 5.82 Å². The van der Waals surface area contributed by atoms with Crippen molar-refractivity contribution in [3.63, 3.8) is 0 Å². The van der Waals surface area contributed by atoms with Gasteiger partial charge in [-0.05, 0) is 38.7 Å². The van der Waals surface area contributed by atoms with Gasteiger partial charge in [-0.2, -0.15) is 0 Å². The summed E-state index contributed by atoms with van der Waals surface area (Å²) in [6.07, 6.45) is 2.25. The van der Waals surface area contributed by atoms with Gasteiger partial charge in [0, 0.05) is 18.5 Å². The number of benzene rings is 1. The molecule has 1 N–H and O–H groups in total. The zero-order valence-corrected chi connectivity index (χ0v) is 13.0. The second kappa shape index (κ2) is 6.90. The van der Waals surface area contributed by atoms with Crippen LogP contribution in [0.15, 0.2) is 24.3 Å². The maximum atomic E-state index is 13.8. The number of carbonyl (C=O) groups excluding carboxylic acids is 1. The predicted molar refractivity (Wildman–Crippen MR) is 80.7 cm³/mol. The van der Waals surface area contributed by atoms with Crippen molar-refractivity contribution in [1.82, 2.24) is 4.90 Å². The monoisotopic (exact) mass is 307 g/mol. The van der Waals surface area contributed by atoms with Crippen LogP contribution in [0.4, 0.5) is 4.39 Å². The number of aliphatic carboxylic acids is 1. The Labute approximate surface area is 129 Å². The van der Waals surface area contributed by atoms with E-state index in [1.165, 1.54) is 6.07 Å². The van der Waals surface area contributed by atoms with Crippen molar-refractivity contribution in [1.29, 1.82) is 0 Å². The Morgan fingerprint density at radius 1 is 1.18 bits per heavy atom. The van der Waals surface area contributed by atoms with Crippen molar-refractivity contribution < 1.29 is 19.1 Å². The summed E-state index contributed by atoms with van der Waals surface area (Å²) in [5, 5.41) is 9.00. The lowest BCUT2D eigenvalue weighted by Crippen LogP contribution is -2.37. The van der Waals surface area contributed by atoms with Crippen LogP contribution in [0, 0.1) is 17.7 Å². The number of rotatable bonds is 4. The SMILES string of the molecule is CC(c1ccccc1F)N(C)C(=O)C1CCC(C(=O)O)CC1. The third-order valence-corrected chi connectivity index (χ3v) is 4.71. The lowest BCUT2D eigenvalue weighted by atomic mass is 9.81. The average Bonchev–Trinajstić information content (AvgIpc) is 2.53. The van der Waals surface area contributed by atoms with Gasteiger partial charge in [0.25, 0.3) is 0 Å². The quantitative estimate of drug-likeness (QED) is 0.929. The lowest BCUT2D eigenvalue weighted by Gasteiger charge is -2.32. The van der Waals surface area contributed by atoms with Crippen LogP contribution in [0.2, 0.25) is 0 Å². The van der Waals surface area contributed by atoms with Crippen molar-refractivity contribution in [3.8, 4) is 0 Å². The topological polar surface area (TPSA) is 57.6 Å². The molecular weight excluding hydrogens is 285 g/mol. The number of hydrogen-bond donors (Lipinski definition) is 1. The Hall–Kier alpha value is -1.91. The molecule has 0 radical (unpaired) electrons. The molecule has 0 aromatic heterocycles. The molecule has 1 saturated carbocycles. The molecule has 1 atom stereocenters. The van der Waals surface area contributed by atoms with E-state index in [9.17, 15) is 14.0 Å². The summed E-state index contributed by atoms with van der Waals surface area (Å²) in [4.78, 5) is 25.1. The van der Waals surface area contributed by atoms with Gasteiger partial charge in [0.05, 0.1) is 12.0 Å². The Kier molecular flexibility index (Phi) is 5.16. The Morgan fingerprint density at radius 3 is 2.27 bits per heavy atom. The zero-order chi connectivity index (χ0) is 16.3. The smallest absolute Gasteiger partial charge is 0.306 e. The molecule has 1 aliphatic carbocycles. The van der Waals surface area contributed by atoms with Crippen molar-refractivity contribution in [2.45, 2.75) is 38.6 Å². The Balaban J connectivity index is 2.01. The minimum Gasteiger partial charge on any atom is -0.481 e. The van der Waals surface area contributed by atoms with Crippen molar-refractivity contribution in [3.05, 3.63) is 35.6 Å². The van der Waals surface area contributed by atoms with Gasteiger partial charge in [-0.3, -0.25) is 9.59 Å². The third-order valence-electron chi connectivity index (χ3n) is 4.71. The van der Waals surface area contributed by atoms with E-state index in [2.05, 4.69) is 0 Å². The highest BCUT2D eigenvalue weighted by molar-refractivity contribution is 5.79. The van der Waals surface area contributed by atoms with Crippen molar-refractivity contribution in [2.75, 3.05) is 7.05 Å². The molecule has 1 aromatic carbocycles. The summed E-state index contributed by atoms with van der Waals surface area (Å²) in [6.45, 7) is 1.80. The number of carboxylic acid groups (broad SMARTS) is 1. The highest BCUT2D eigenvalue weighted by Gasteiger charge is 2.32. The fourth-order valence-electron chi connectivity index (χ4n) is 3.09. The van der Waals surface area contributed by atoms with E-state index in [1.807, 2.05) is 0 Å². The molecule has 1 aliphatic rings. The number of hydrogen-bond acceptors (Lipinski definition) is 2. The molecule has 0 aliphatic heterocycles. The number of amides is 1. The van der Waals surface area contributed by atoms with E-state index >= 15 is 0 Å². The molecule has 22 heavy (non-hydrogen) atoms. The first-order chi connectivity index (χ1) is 10.4. The van der Waals surface area contributed by atoms with E-state index in [4.69, 9.17) is 5.11 Å². The van der Waals surface area contributed by atoms with Crippen LogP contribution in [0.3, 0.4) is 0 Å². The highest BCUT2D eigenvalue weighted by Crippen LogP contribution is 2.32. The number of halogens is 1. The van der Waals surface area contributed by atoms with Gasteiger partial charge in [-0.1, -0.05) is 18.2 Å². The van der Waals surface area contributed by atoms with Gasteiger partial charge in [0.15, 0.2) is 0 Å². The van der Waals surface area contributed by atoms with Crippen molar-refractivity contribution >= 4 is 11.9 Å². The van der Waals surface area contributed by atoms with Crippen LogP contribution in [0.1, 0.15) is 44.2 Å². The summed E-state index contributed by atoms with van der Waals surface area (Å²) < 4.78 is 13.8. The Morgan fingerprint density at radius 2 is 1.73 bits per heavy atom. The largest absolute Gasteiger partial charge is 0.481 e. The molecule has 0 heterocycles. The highest BCUT2D eigenvalue weighted by atomic mass is 19.1. The van der Waals surface area contributed by atoms with E-state index in [-0.39, 0.29) is 29.6 Å². The molecule has 1 amide bonds. The fourth-order valence-corrected chi connectivity index (χ4v) is 3.09. The van der Waals surface area contributed by atoms with E-state index in [1.54, 1.807) is 37.1 Å². The van der Waals surface area contributed by atoms with Crippen LogP contribution in [0.25, 0.3) is 0 Å². The summed E-state index contributed by atoms with van der Waals surface area (Å²) in [6, 6.07) is 6.12. The zero-order valence-electron chi connectivity index (χ0n) is 13.0. The van der Waals surface area contributed by atoms with Crippen LogP contribution >= 0.6 is 0 Å². The summed E-state index contributed by atoms with van der Waals surface area (Å²) in [5.41, 5.74) is 0.498. The first-order valence-corrected chi connectivity index (χ1v) is 7.65. The number of carbonyl (C=O) groups is 2. The van der Waals surface area contributed by atoms with Crippen LogP contribution in [0.5, 0.6) is 0 Å². The minimum absolute atomic E-state index is 0.0282. The molecule has 4 nitrogen and oxygen atoms in total. The first-order valence-electron chi connectivity index (χ1n) is 7.65. The van der Waals surface area contributed by atoms with Gasteiger partial charge >= 0.3 is 5.97 Å². The summed E-state index contributed by atoms with van der Waals surface area (Å²) in [7, 11) is 1.68. The third kappa shape index (κ3) is 3.46. The molecule has 1 aromatic rings. The molecule has 1 fully saturated rings. The van der Waals surface area contributed by atoms with Gasteiger partial charge in [-0.15, -0.1) is 0 Å². The molecule has 120 valence electrons. The van der Waals surface area contributed by atoms with Gasteiger partial charge in [0.2, 0.25) is 5.91 Å². The van der Waals surface area contributed by atoms with Crippen LogP contribution in [-0.4, -0.2) is 28.9 Å². The summed E-state index contributed by atoms with van der Waals surface area (Å²) >= 11 is 0. The minimum atomic E-state index is -0.779. The molecule has 0 spiro atoms. The fraction of sp³-hybridized carbons (Fsp3) is 0.529. The molecule has 0 bridgehead atoms. The van der Waals surface area contributed by atoms with Crippen LogP contribution in [-0.2, 0) is 9.59 Å². The Bertz CT molecular complexity index is 553. The molecule has 5 heteroatoms. The standard InChI is InChI=1S/C17H22FNO3/c1-11(14-5-3-4-6-15(14)18)19(2)16(20)12-7-9-13(10-8-12)17(21)22/h3-6,11-13H,7-10H2,1-2H3,(H,21,22). The molecule has 2 rings (SSSR count). The second-order valence-electron chi connectivity index (χ2n) is 6.03. The van der Waals surface area contributed by atoms with E-state index < -0.39 is 5.97 Å². The van der Waals surface area contributed by atoms with E-state index in [0.29, 0.717) is 31.2 Å². The average molecular weight is 307 g/mol. The van der Waals surface area contributed by atoms with Crippen molar-refractivity contribution in [2.24, 2.45) is 11.8 Å². The summed E-state index contributed by atoms with van der Waals surface area (Å²) in [5.74, 6) is -1.61. The lowest BCUT2D eigenvalue weighted by molar-refractivity contribution is -0.145. The second-order valence-corrected chi connectivity index (χ2v) is 6.03. The maximum Gasteiger partial charge on any atom is 0.306 e. The van der Waals surface area contributed by atoms with Gasteiger partial charge < -0.3 is 10.0 Å². The maximum absolute atomic E-state index is 13.8. The van der Waals surface area contributed by atoms with Crippen LogP contribution < -0.4 is 0 Å². The number of nitrogens with zero attached hydrogens (tertiary/aromatic N) is 1. The first kappa shape index (κ1) is 16.5.